The largest absolute Gasteiger partial charge is 0.462 e. The maximum absolute atomic E-state index is 12.0. The van der Waals surface area contributed by atoms with Crippen molar-refractivity contribution in [2.45, 2.75) is 33.4 Å². The van der Waals surface area contributed by atoms with Crippen molar-refractivity contribution in [3.05, 3.63) is 38.0 Å². The summed E-state index contributed by atoms with van der Waals surface area (Å²) in [4.78, 5) is 36.0. The summed E-state index contributed by atoms with van der Waals surface area (Å²) in [6.45, 7) is 6.45. The van der Waals surface area contributed by atoms with Crippen LogP contribution in [0.5, 0.6) is 0 Å². The predicted octanol–water partition coefficient (Wildman–Crippen LogP) is 2.57. The third kappa shape index (κ3) is 6.82. The number of thiophene rings is 1. The van der Waals surface area contributed by atoms with E-state index in [9.17, 15) is 9.59 Å². The number of guanidine groups is 1. The molecule has 2 rings (SSSR count). The van der Waals surface area contributed by atoms with Gasteiger partial charge >= 0.3 is 5.97 Å². The van der Waals surface area contributed by atoms with Crippen molar-refractivity contribution in [2.24, 2.45) is 4.99 Å². The van der Waals surface area contributed by atoms with Crippen LogP contribution in [0.1, 0.15) is 45.1 Å². The van der Waals surface area contributed by atoms with Gasteiger partial charge in [-0.2, -0.15) is 0 Å². The average molecular weight is 438 g/mol. The number of carbonyl (C=O) groups excluding carboxylic acids is 2. The molecule has 8 nitrogen and oxygen atoms in total. The highest BCUT2D eigenvalue weighted by Crippen LogP contribution is 2.24. The lowest BCUT2D eigenvalue weighted by Gasteiger charge is -2.17. The molecule has 1 atom stereocenters. The molecule has 1 unspecified atom stereocenters. The van der Waals surface area contributed by atoms with E-state index in [2.05, 4.69) is 20.6 Å². The molecule has 0 radical (unpaired) electrons. The summed E-state index contributed by atoms with van der Waals surface area (Å²) in [5.41, 5.74) is 0.643. The van der Waals surface area contributed by atoms with Crippen LogP contribution in [0.15, 0.2) is 22.5 Å². The van der Waals surface area contributed by atoms with Gasteiger partial charge < -0.3 is 20.3 Å². The number of rotatable bonds is 8. The molecule has 0 bridgehead atoms. The second kappa shape index (κ2) is 10.9. The van der Waals surface area contributed by atoms with E-state index in [0.29, 0.717) is 29.7 Å². The van der Waals surface area contributed by atoms with Crippen LogP contribution in [0.4, 0.5) is 0 Å². The van der Waals surface area contributed by atoms with E-state index in [4.69, 9.17) is 4.74 Å². The highest BCUT2D eigenvalue weighted by atomic mass is 32.1. The highest BCUT2D eigenvalue weighted by Gasteiger charge is 2.20. The molecule has 0 aliphatic rings. The molecule has 29 heavy (non-hydrogen) atoms. The van der Waals surface area contributed by atoms with Crippen LogP contribution in [0.3, 0.4) is 0 Å². The van der Waals surface area contributed by atoms with Crippen LogP contribution < -0.4 is 10.6 Å². The van der Waals surface area contributed by atoms with Crippen molar-refractivity contribution in [1.82, 2.24) is 20.5 Å². The number of nitrogens with one attached hydrogen (secondary N) is 2. The molecule has 2 aromatic heterocycles. The third-order valence-corrected chi connectivity index (χ3v) is 6.08. The van der Waals surface area contributed by atoms with Crippen molar-refractivity contribution in [3.63, 3.8) is 0 Å². The molecule has 2 heterocycles. The van der Waals surface area contributed by atoms with Crippen LogP contribution in [0, 0.1) is 6.92 Å². The Morgan fingerprint density at radius 2 is 2.14 bits per heavy atom. The minimum atomic E-state index is -0.359. The number of hydrogen-bond donors (Lipinski definition) is 2. The number of likely N-dealkylation sites (N-methyl/N-ethyl adjacent to an activating group) is 1. The first-order chi connectivity index (χ1) is 13.8. The van der Waals surface area contributed by atoms with E-state index in [1.807, 2.05) is 24.4 Å². The van der Waals surface area contributed by atoms with Gasteiger partial charge in [0, 0.05) is 19.0 Å². The number of amides is 1. The fraction of sp³-hybridized carbons (Fsp3) is 0.474. The quantitative estimate of drug-likeness (QED) is 0.374. The Labute approximate surface area is 179 Å². The maximum Gasteiger partial charge on any atom is 0.350 e. The fourth-order valence-corrected chi connectivity index (χ4v) is 3.89. The summed E-state index contributed by atoms with van der Waals surface area (Å²) in [5, 5.41) is 9.27. The summed E-state index contributed by atoms with van der Waals surface area (Å²) in [5.74, 6) is 0.0541. The summed E-state index contributed by atoms with van der Waals surface area (Å²) in [6.07, 6.45) is 0. The zero-order valence-corrected chi connectivity index (χ0v) is 18.9. The minimum absolute atomic E-state index is 0.0322. The smallest absolute Gasteiger partial charge is 0.350 e. The molecule has 0 aromatic carbocycles. The Kier molecular flexibility index (Phi) is 8.59. The Balaban J connectivity index is 2.11. The van der Waals surface area contributed by atoms with E-state index in [1.165, 1.54) is 16.2 Å². The number of thiazole rings is 1. The van der Waals surface area contributed by atoms with E-state index in [0.717, 1.165) is 9.88 Å². The Hall–Kier alpha value is -2.46. The molecule has 1 amide bonds. The topological polar surface area (TPSA) is 95.9 Å². The molecule has 158 valence electrons. The lowest BCUT2D eigenvalue weighted by molar-refractivity contribution is -0.127. The van der Waals surface area contributed by atoms with Gasteiger partial charge in [-0.1, -0.05) is 6.07 Å². The first kappa shape index (κ1) is 22.8. The van der Waals surface area contributed by atoms with Gasteiger partial charge in [0.2, 0.25) is 5.91 Å². The van der Waals surface area contributed by atoms with Gasteiger partial charge in [-0.05, 0) is 32.2 Å². The number of carbonyl (C=O) groups is 2. The van der Waals surface area contributed by atoms with Gasteiger partial charge in [-0.25, -0.2) is 14.8 Å². The SMILES string of the molecule is CCOC(=O)c1sc(C(C)NC(=NCC(=O)N(C)C)NCc2cccs2)nc1C. The van der Waals surface area contributed by atoms with Gasteiger partial charge in [-0.3, -0.25) is 4.79 Å². The molecular weight excluding hydrogens is 410 g/mol. The third-order valence-electron chi connectivity index (χ3n) is 3.88. The monoisotopic (exact) mass is 437 g/mol. The molecule has 0 aliphatic carbocycles. The van der Waals surface area contributed by atoms with E-state index in [1.54, 1.807) is 39.3 Å². The number of aromatic nitrogens is 1. The zero-order valence-electron chi connectivity index (χ0n) is 17.3. The Bertz CT molecular complexity index is 846. The zero-order chi connectivity index (χ0) is 21.4. The van der Waals surface area contributed by atoms with Crippen LogP contribution in [-0.4, -0.2) is 55.0 Å². The van der Waals surface area contributed by atoms with Crippen molar-refractivity contribution < 1.29 is 14.3 Å². The first-order valence-corrected chi connectivity index (χ1v) is 10.9. The van der Waals surface area contributed by atoms with Gasteiger partial charge in [0.15, 0.2) is 5.96 Å². The standard InChI is InChI=1S/C19H27N5O3S2/c1-6-27-18(26)16-12(2)22-17(29-16)13(3)23-19(21-11-15(25)24(4)5)20-10-14-8-7-9-28-14/h7-9,13H,6,10-11H2,1-5H3,(H2,20,21,23). The predicted molar refractivity (Wildman–Crippen MR) is 117 cm³/mol. The van der Waals surface area contributed by atoms with Gasteiger partial charge in [-0.15, -0.1) is 22.7 Å². The van der Waals surface area contributed by atoms with E-state index >= 15 is 0 Å². The molecule has 0 saturated heterocycles. The van der Waals surface area contributed by atoms with Crippen LogP contribution >= 0.6 is 22.7 Å². The summed E-state index contributed by atoms with van der Waals surface area (Å²) >= 11 is 2.94. The fourth-order valence-electron chi connectivity index (χ4n) is 2.28. The molecule has 0 aliphatic heterocycles. The van der Waals surface area contributed by atoms with E-state index in [-0.39, 0.29) is 24.5 Å². The lowest BCUT2D eigenvalue weighted by atomic mass is 10.3. The van der Waals surface area contributed by atoms with Gasteiger partial charge in [0.1, 0.15) is 16.4 Å². The summed E-state index contributed by atoms with van der Waals surface area (Å²) < 4.78 is 5.08. The maximum atomic E-state index is 12.0. The highest BCUT2D eigenvalue weighted by molar-refractivity contribution is 7.13. The second-order valence-corrected chi connectivity index (χ2v) is 8.50. The van der Waals surface area contributed by atoms with Crippen molar-refractivity contribution in [3.8, 4) is 0 Å². The number of ether oxygens (including phenoxy) is 1. The normalized spacial score (nSPS) is 12.4. The number of hydrogen-bond acceptors (Lipinski definition) is 7. The molecule has 0 fully saturated rings. The average Bonchev–Trinajstić information content (AvgIpc) is 3.33. The Morgan fingerprint density at radius 1 is 1.38 bits per heavy atom. The number of nitrogens with zero attached hydrogens (tertiary/aromatic N) is 3. The van der Waals surface area contributed by atoms with Crippen molar-refractivity contribution in [1.29, 1.82) is 0 Å². The molecular formula is C19H27N5O3S2. The lowest BCUT2D eigenvalue weighted by Crippen LogP contribution is -2.39. The number of esters is 1. The summed E-state index contributed by atoms with van der Waals surface area (Å²) in [7, 11) is 3.39. The van der Waals surface area contributed by atoms with Crippen molar-refractivity contribution in [2.75, 3.05) is 27.2 Å². The van der Waals surface area contributed by atoms with Crippen LogP contribution in [-0.2, 0) is 16.1 Å². The van der Waals surface area contributed by atoms with Crippen molar-refractivity contribution >= 4 is 40.5 Å². The Morgan fingerprint density at radius 3 is 2.76 bits per heavy atom. The number of aryl methyl sites for hydroxylation is 1. The van der Waals surface area contributed by atoms with Crippen LogP contribution in [0.2, 0.25) is 0 Å². The molecule has 0 saturated carbocycles. The second-order valence-electron chi connectivity index (χ2n) is 6.44. The molecule has 10 heteroatoms. The van der Waals surface area contributed by atoms with Gasteiger partial charge in [0.05, 0.1) is 24.9 Å². The van der Waals surface area contributed by atoms with E-state index < -0.39 is 0 Å². The first-order valence-electron chi connectivity index (χ1n) is 9.23. The minimum Gasteiger partial charge on any atom is -0.462 e. The van der Waals surface area contributed by atoms with Gasteiger partial charge in [0.25, 0.3) is 0 Å². The van der Waals surface area contributed by atoms with Crippen LogP contribution in [0.25, 0.3) is 0 Å². The molecule has 0 spiro atoms. The summed E-state index contributed by atoms with van der Waals surface area (Å²) in [6, 6.07) is 3.81. The molecule has 2 N–H and O–H groups in total. The molecule has 2 aromatic rings. The number of aliphatic imine (C=N–C) groups is 1.